The molecule has 0 saturated heterocycles. The van der Waals surface area contributed by atoms with Gasteiger partial charge in [-0.25, -0.2) is 0 Å². The van der Waals surface area contributed by atoms with Gasteiger partial charge in [0.2, 0.25) is 17.4 Å². The summed E-state index contributed by atoms with van der Waals surface area (Å²) >= 11 is 0. The first kappa shape index (κ1) is 20.1. The van der Waals surface area contributed by atoms with Crippen LogP contribution in [0.3, 0.4) is 0 Å². The quantitative estimate of drug-likeness (QED) is 0.512. The molecule has 142 valence electrons. The zero-order chi connectivity index (χ0) is 20.7. The van der Waals surface area contributed by atoms with Gasteiger partial charge >= 0.3 is 10.1 Å². The number of benzene rings is 2. The van der Waals surface area contributed by atoms with E-state index < -0.39 is 31.7 Å². The fourth-order valence-electron chi connectivity index (χ4n) is 3.20. The lowest BCUT2D eigenvalue weighted by Crippen LogP contribution is -2.40. The Morgan fingerprint density at radius 2 is 1.64 bits per heavy atom. The molecule has 0 saturated carbocycles. The summed E-state index contributed by atoms with van der Waals surface area (Å²) in [6, 6.07) is 15.8. The van der Waals surface area contributed by atoms with Gasteiger partial charge in [-0.1, -0.05) is 54.6 Å². The van der Waals surface area contributed by atoms with Gasteiger partial charge in [-0.15, -0.1) is 0 Å². The number of nitrogens with two attached hydrogens (primary N) is 1. The van der Waals surface area contributed by atoms with Gasteiger partial charge in [0, 0.05) is 0 Å². The van der Waals surface area contributed by atoms with E-state index in [4.69, 9.17) is 14.7 Å². The minimum atomic E-state index is -4.24. The molecule has 0 fully saturated rings. The molecule has 10 heteroatoms. The van der Waals surface area contributed by atoms with Crippen molar-refractivity contribution in [3.05, 3.63) is 82.9 Å². The van der Waals surface area contributed by atoms with Crippen molar-refractivity contribution in [2.24, 2.45) is 5.73 Å². The van der Waals surface area contributed by atoms with Crippen LogP contribution < -0.4 is 5.73 Å². The van der Waals surface area contributed by atoms with Gasteiger partial charge in [-0.2, -0.15) is 8.42 Å². The lowest BCUT2D eigenvalue weighted by atomic mass is 9.65. The zero-order valence-electron chi connectivity index (χ0n) is 16.2. The molecule has 28 heavy (non-hydrogen) atoms. The van der Waals surface area contributed by atoms with Gasteiger partial charge in [0.15, 0.2) is 13.3 Å². The Labute approximate surface area is 167 Å². The maximum absolute atomic E-state index is 13.1. The first-order chi connectivity index (χ1) is 13.0. The molecule has 1 aliphatic rings. The van der Waals surface area contributed by atoms with E-state index in [1.165, 1.54) is 15.7 Å². The second-order valence-electron chi connectivity index (χ2n) is 7.39. The van der Waals surface area contributed by atoms with Crippen LogP contribution in [0, 0.1) is 6.92 Å². The normalized spacial score (nSPS) is 20.1. The molecule has 6 nitrogen and oxygen atoms in total. The van der Waals surface area contributed by atoms with Crippen LogP contribution in [-0.2, 0) is 33.9 Å². The number of ether oxygens (including phenoxy) is 1. The van der Waals surface area contributed by atoms with Gasteiger partial charge in [-0.3, -0.25) is 4.79 Å². The van der Waals surface area contributed by atoms with Crippen LogP contribution in [0.1, 0.15) is 16.7 Å². The summed E-state index contributed by atoms with van der Waals surface area (Å²) in [4.78, 5) is 13.1. The van der Waals surface area contributed by atoms with Crippen molar-refractivity contribution in [3.8, 4) is 0 Å². The summed E-state index contributed by atoms with van der Waals surface area (Å²) in [6.45, 7) is 1.83. The Morgan fingerprint density at radius 3 is 2.25 bits per heavy atom. The van der Waals surface area contributed by atoms with E-state index in [1.54, 1.807) is 50.3 Å². The molecule has 0 unspecified atom stereocenters. The van der Waals surface area contributed by atoms with Crippen molar-refractivity contribution in [3.63, 3.8) is 0 Å². The molecule has 0 bridgehead atoms. The van der Waals surface area contributed by atoms with E-state index in [0.29, 0.717) is 11.1 Å². The van der Waals surface area contributed by atoms with Crippen molar-refractivity contribution in [2.45, 2.75) is 17.0 Å². The SMILES string of the molecule is BC(B)(c1ccccc1)S(=O)(=O)OC1=C(N)O[C@](B)(c2ccccc2C)C1=O. The monoisotopic (exact) mass is 395 g/mol. The van der Waals surface area contributed by atoms with Crippen LogP contribution >= 0.6 is 0 Å². The molecule has 0 aliphatic carbocycles. The molecule has 0 aromatic heterocycles. The third-order valence-electron chi connectivity index (χ3n) is 5.12. The van der Waals surface area contributed by atoms with E-state index >= 15 is 0 Å². The van der Waals surface area contributed by atoms with Crippen molar-refractivity contribution < 1.29 is 22.1 Å². The molecular weight excluding hydrogens is 375 g/mol. The summed E-state index contributed by atoms with van der Waals surface area (Å²) in [7, 11) is 0.326. The summed E-state index contributed by atoms with van der Waals surface area (Å²) in [5, 5.41) is 0. The summed E-state index contributed by atoms with van der Waals surface area (Å²) < 4.78 is 35.5. The molecule has 1 heterocycles. The fourth-order valence-corrected chi connectivity index (χ4v) is 4.21. The second-order valence-corrected chi connectivity index (χ2v) is 9.48. The minimum Gasteiger partial charge on any atom is -0.467 e. The predicted molar refractivity (Wildman–Crippen MR) is 114 cm³/mol. The molecule has 0 radical (unpaired) electrons. The van der Waals surface area contributed by atoms with Crippen LogP contribution in [0.4, 0.5) is 0 Å². The number of hydrogen-bond acceptors (Lipinski definition) is 6. The zero-order valence-corrected chi connectivity index (χ0v) is 17.0. The van der Waals surface area contributed by atoms with E-state index in [9.17, 15) is 13.2 Å². The first-order valence-electron chi connectivity index (χ1n) is 8.80. The molecule has 0 amide bonds. The summed E-state index contributed by atoms with van der Waals surface area (Å²) in [5.41, 5.74) is 6.37. The molecule has 0 spiro atoms. The van der Waals surface area contributed by atoms with Gasteiger partial charge in [0.1, 0.15) is 15.7 Å². The topological polar surface area (TPSA) is 95.7 Å². The Kier molecular flexibility index (Phi) is 4.87. The molecule has 2 aromatic rings. The van der Waals surface area contributed by atoms with Crippen LogP contribution in [0.5, 0.6) is 0 Å². The molecule has 2 N–H and O–H groups in total. The number of carbonyl (C=O) groups is 1. The van der Waals surface area contributed by atoms with Gasteiger partial charge in [0.25, 0.3) is 0 Å². The number of ketones is 1. The Balaban J connectivity index is 1.96. The van der Waals surface area contributed by atoms with E-state index in [2.05, 4.69) is 0 Å². The minimum absolute atomic E-state index is 0.344. The largest absolute Gasteiger partial charge is 0.467 e. The Bertz CT molecular complexity index is 1070. The number of aryl methyl sites for hydroxylation is 1. The van der Waals surface area contributed by atoms with Gasteiger partial charge in [-0.05, 0) is 23.6 Å². The van der Waals surface area contributed by atoms with Crippen molar-refractivity contribution >= 4 is 39.4 Å². The number of carbonyl (C=O) groups excluding carboxylic acids is 1. The van der Waals surface area contributed by atoms with Crippen LogP contribution in [0.25, 0.3) is 0 Å². The Hall–Kier alpha value is -2.61. The summed E-state index contributed by atoms with van der Waals surface area (Å²) in [5.74, 6) is -1.47. The average molecular weight is 395 g/mol. The van der Waals surface area contributed by atoms with Gasteiger partial charge < -0.3 is 14.7 Å². The maximum Gasteiger partial charge on any atom is 0.304 e. The van der Waals surface area contributed by atoms with Crippen molar-refractivity contribution in [1.29, 1.82) is 0 Å². The standard InChI is InChI=1S/C18H20B3NO5S/c1-11-7-5-6-10-13(11)17(19)15(23)14(16(22)26-17)27-28(24,25)18(20,21)12-8-3-2-4-9-12/h2-10H,19-22H2,1H3/t17-/m1/s1. The predicted octanol–water partition coefficient (Wildman–Crippen LogP) is -1.07. The number of rotatable bonds is 5. The Morgan fingerprint density at radius 1 is 1.07 bits per heavy atom. The van der Waals surface area contributed by atoms with Gasteiger partial charge in [0.05, 0.1) is 4.55 Å². The van der Waals surface area contributed by atoms with Crippen LogP contribution in [-0.4, -0.2) is 37.7 Å². The van der Waals surface area contributed by atoms with Crippen molar-refractivity contribution in [1.82, 2.24) is 0 Å². The second kappa shape index (κ2) is 6.77. The smallest absolute Gasteiger partial charge is 0.304 e. The fraction of sp³-hybridized carbons (Fsp3) is 0.167. The maximum atomic E-state index is 13.1. The first-order valence-corrected chi connectivity index (χ1v) is 10.2. The lowest BCUT2D eigenvalue weighted by molar-refractivity contribution is -0.126. The molecule has 1 atom stereocenters. The third-order valence-corrected chi connectivity index (χ3v) is 7.00. The molecular formula is C18H20B3NO5S. The lowest BCUT2D eigenvalue weighted by Gasteiger charge is -2.26. The molecule has 1 aliphatic heterocycles. The number of hydrogen-bond donors (Lipinski definition) is 1. The highest BCUT2D eigenvalue weighted by Gasteiger charge is 2.51. The highest BCUT2D eigenvalue weighted by molar-refractivity contribution is 7.90. The van der Waals surface area contributed by atoms with Crippen molar-refractivity contribution in [2.75, 3.05) is 0 Å². The van der Waals surface area contributed by atoms with E-state index in [0.717, 1.165) is 5.56 Å². The van der Waals surface area contributed by atoms with E-state index in [-0.39, 0.29) is 5.88 Å². The highest BCUT2D eigenvalue weighted by Crippen LogP contribution is 2.38. The van der Waals surface area contributed by atoms with E-state index in [1.807, 2.05) is 19.1 Å². The third kappa shape index (κ3) is 3.11. The van der Waals surface area contributed by atoms with Crippen LogP contribution in [0.2, 0.25) is 0 Å². The molecule has 2 aromatic carbocycles. The average Bonchev–Trinajstić information content (AvgIpc) is 2.86. The summed E-state index contributed by atoms with van der Waals surface area (Å²) in [6.07, 6.45) is 0. The molecule has 3 rings (SSSR count). The van der Waals surface area contributed by atoms with Crippen LogP contribution in [0.15, 0.2) is 66.2 Å². The number of Topliss-reactive ketones (excluding diaryl/α,β-unsaturated/α-hetero) is 1. The highest BCUT2D eigenvalue weighted by atomic mass is 32.2.